The number of nitrogens with one attached hydrogen (secondary N) is 2. The van der Waals surface area contributed by atoms with E-state index in [9.17, 15) is 19.2 Å². The number of fused-ring (bicyclic) bond motifs is 4. The molecule has 0 unspecified atom stereocenters. The Morgan fingerprint density at radius 1 is 0.537 bits per heavy atom. The summed E-state index contributed by atoms with van der Waals surface area (Å²) in [4.78, 5) is 65.2. The SMILES string of the molecule is COc1ccc([C@@H](C)N2C[C@H]([C@@H](C)Oc3nc(Br)cn4nccc34)CC2=O)cc1.COc1ccc([C@@H](C)N2C[C@H]([C@@H](C)Oc3nc(Cl)cn4nccc34)CC2=O)cc1.O=c1[nH]c(Br)cn2nccc12.O=c1[nH]c(Cl)cn2nccc12. The summed E-state index contributed by atoms with van der Waals surface area (Å²) in [7, 11) is 3.29. The first kappa shape index (κ1) is 56.9. The van der Waals surface area contributed by atoms with Crippen molar-refractivity contribution >= 4 is 88.9 Å². The molecule has 22 nitrogen and oxygen atoms in total. The number of ether oxygens (including phenoxy) is 4. The molecular weight excluding hydrogens is 1200 g/mol. The molecule has 416 valence electrons. The fraction of sp³-hybridized carbons (Fsp3) is 0.296. The molecule has 2 aliphatic rings. The van der Waals surface area contributed by atoms with Crippen molar-refractivity contribution in [3.8, 4) is 23.3 Å². The predicted octanol–water partition coefficient (Wildman–Crippen LogP) is 9.11. The number of likely N-dealkylation sites (tertiary alicyclic amines) is 2. The second-order valence-electron chi connectivity index (χ2n) is 18.8. The van der Waals surface area contributed by atoms with Gasteiger partial charge < -0.3 is 38.7 Å². The molecule has 0 spiro atoms. The number of hydrogen-bond donors (Lipinski definition) is 2. The van der Waals surface area contributed by atoms with Crippen LogP contribution in [0.4, 0.5) is 0 Å². The Balaban J connectivity index is 0.000000141. The second-order valence-corrected chi connectivity index (χ2v) is 21.3. The van der Waals surface area contributed by atoms with Crippen LogP contribution in [-0.2, 0) is 9.59 Å². The number of halogens is 4. The lowest BCUT2D eigenvalue weighted by atomic mass is 10.0. The molecule has 10 heterocycles. The van der Waals surface area contributed by atoms with Crippen molar-refractivity contribution in [3.05, 3.63) is 174 Å². The largest absolute Gasteiger partial charge is 0.497 e. The minimum absolute atomic E-state index is 0.00358. The van der Waals surface area contributed by atoms with E-state index in [1.165, 1.54) is 15.2 Å². The molecule has 0 radical (unpaired) electrons. The summed E-state index contributed by atoms with van der Waals surface area (Å²) in [5.74, 6) is 2.97. The van der Waals surface area contributed by atoms with Crippen molar-refractivity contribution in [1.82, 2.24) is 68.2 Å². The summed E-state index contributed by atoms with van der Waals surface area (Å²) in [6.07, 6.45) is 13.7. The first-order valence-electron chi connectivity index (χ1n) is 25.1. The van der Waals surface area contributed by atoms with Crippen molar-refractivity contribution in [2.75, 3.05) is 27.3 Å². The fourth-order valence-electron chi connectivity index (χ4n) is 9.30. The Hall–Kier alpha value is -7.80. The van der Waals surface area contributed by atoms with E-state index in [1.54, 1.807) is 78.8 Å². The van der Waals surface area contributed by atoms with Gasteiger partial charge in [0.1, 0.15) is 60.1 Å². The smallest absolute Gasteiger partial charge is 0.275 e. The number of carbonyl (C=O) groups is 2. The highest BCUT2D eigenvalue weighted by Crippen LogP contribution is 2.35. The van der Waals surface area contributed by atoms with Crippen molar-refractivity contribution in [1.29, 1.82) is 0 Å². The van der Waals surface area contributed by atoms with Crippen LogP contribution < -0.4 is 30.1 Å². The third-order valence-corrected chi connectivity index (χ3v) is 15.0. The molecule has 2 aromatic carbocycles. The highest BCUT2D eigenvalue weighted by atomic mass is 79.9. The molecule has 10 aromatic rings. The first-order valence-corrected chi connectivity index (χ1v) is 27.4. The minimum Gasteiger partial charge on any atom is -0.497 e. The summed E-state index contributed by atoms with van der Waals surface area (Å²) in [6, 6.07) is 22.6. The molecule has 6 atom stereocenters. The molecule has 80 heavy (non-hydrogen) atoms. The number of benzene rings is 2. The van der Waals surface area contributed by atoms with Crippen molar-refractivity contribution in [3.63, 3.8) is 0 Å². The standard InChI is InChI=1S/C21H23BrN4O3.C21H23ClN4O3.C6H4BrN3O.C6H4ClN3O/c2*1-13(15-4-6-17(28-3)7-5-15)25-11-16(10-20(25)27)14(2)29-21-18-8-9-23-26(18)12-19(22)24-21;2*7-5-3-10-4(1-2-8-10)6(11)9-5/h2*4-9,12-14,16H,10-11H2,1-3H3;2*1-3H,(H,9,11)/t2*13-,14-,16-;;/m11../s1. The van der Waals surface area contributed by atoms with E-state index in [0.717, 1.165) is 33.7 Å². The van der Waals surface area contributed by atoms with Gasteiger partial charge in [0.2, 0.25) is 23.6 Å². The number of methoxy groups -OCH3 is 2. The molecule has 0 aliphatic carbocycles. The van der Waals surface area contributed by atoms with E-state index in [0.29, 0.717) is 63.1 Å². The van der Waals surface area contributed by atoms with Gasteiger partial charge in [-0.3, -0.25) is 19.2 Å². The third-order valence-electron chi connectivity index (χ3n) is 13.8. The predicted molar refractivity (Wildman–Crippen MR) is 306 cm³/mol. The average molecular weight is 1260 g/mol. The molecule has 26 heteroatoms. The van der Waals surface area contributed by atoms with E-state index in [4.69, 9.17) is 42.1 Å². The zero-order valence-electron chi connectivity index (χ0n) is 44.0. The molecule has 2 amide bonds. The van der Waals surface area contributed by atoms with Gasteiger partial charge in [-0.15, -0.1) is 0 Å². The molecule has 2 N–H and O–H groups in total. The first-order chi connectivity index (χ1) is 38.5. The lowest BCUT2D eigenvalue weighted by molar-refractivity contribution is -0.130. The van der Waals surface area contributed by atoms with Crippen molar-refractivity contribution < 1.29 is 28.5 Å². The Morgan fingerprint density at radius 3 is 1.43 bits per heavy atom. The van der Waals surface area contributed by atoms with Gasteiger partial charge >= 0.3 is 0 Å². The maximum absolute atomic E-state index is 12.7. The number of carbonyl (C=O) groups excluding carboxylic acids is 2. The van der Waals surface area contributed by atoms with Crippen molar-refractivity contribution in [2.24, 2.45) is 11.8 Å². The fourth-order valence-corrected chi connectivity index (χ4v) is 10.4. The van der Waals surface area contributed by atoms with Gasteiger partial charge in [0, 0.05) is 37.8 Å². The van der Waals surface area contributed by atoms with Gasteiger partial charge in [0.15, 0.2) is 5.15 Å². The van der Waals surface area contributed by atoms with Gasteiger partial charge in [0.05, 0.1) is 75.9 Å². The van der Waals surface area contributed by atoms with E-state index in [-0.39, 0.29) is 64.2 Å². The summed E-state index contributed by atoms with van der Waals surface area (Å²) in [6.45, 7) is 9.34. The summed E-state index contributed by atoms with van der Waals surface area (Å²) < 4.78 is 30.3. The highest BCUT2D eigenvalue weighted by molar-refractivity contribution is 9.10. The number of rotatable bonds is 12. The average Bonchev–Trinajstić information content (AvgIpc) is 4.33. The van der Waals surface area contributed by atoms with Crippen LogP contribution in [0.25, 0.3) is 22.1 Å². The van der Waals surface area contributed by atoms with Gasteiger partial charge in [-0.25, -0.2) is 23.0 Å². The molecule has 8 aromatic heterocycles. The van der Waals surface area contributed by atoms with Gasteiger partial charge in [-0.2, -0.15) is 25.4 Å². The van der Waals surface area contributed by atoms with Crippen LogP contribution in [0.5, 0.6) is 23.3 Å². The van der Waals surface area contributed by atoms with Crippen LogP contribution >= 0.6 is 55.1 Å². The molecule has 2 fully saturated rings. The minimum atomic E-state index is -0.227. The Kier molecular flexibility index (Phi) is 17.9. The molecule has 12 rings (SSSR count). The Labute approximate surface area is 483 Å². The summed E-state index contributed by atoms with van der Waals surface area (Å²) in [5.41, 5.74) is 4.38. The van der Waals surface area contributed by atoms with Crippen LogP contribution in [0.15, 0.2) is 141 Å². The molecule has 0 bridgehead atoms. The lowest BCUT2D eigenvalue weighted by Crippen LogP contribution is -2.31. The topological polar surface area (TPSA) is 238 Å². The van der Waals surface area contributed by atoms with Crippen LogP contribution in [0.1, 0.15) is 63.7 Å². The monoisotopic (exact) mass is 1250 g/mol. The van der Waals surface area contributed by atoms with E-state index in [2.05, 4.69) is 79.1 Å². The molecule has 0 saturated carbocycles. The van der Waals surface area contributed by atoms with Crippen LogP contribution in [-0.4, -0.2) is 120 Å². The van der Waals surface area contributed by atoms with E-state index in [1.807, 2.05) is 91.2 Å². The number of aromatic amines is 2. The highest BCUT2D eigenvalue weighted by Gasteiger charge is 2.38. The number of aromatic nitrogens is 12. The zero-order valence-corrected chi connectivity index (χ0v) is 48.7. The number of nitrogens with zero attached hydrogens (tertiary/aromatic N) is 12. The van der Waals surface area contributed by atoms with Gasteiger partial charge in [-0.05, 0) is 119 Å². The Morgan fingerprint density at radius 2 is 0.950 bits per heavy atom. The number of amides is 2. The Bertz CT molecular complexity index is 3650. The summed E-state index contributed by atoms with van der Waals surface area (Å²) >= 11 is 18.2. The zero-order chi connectivity index (χ0) is 56.8. The summed E-state index contributed by atoms with van der Waals surface area (Å²) in [5, 5.41) is 16.8. The normalized spacial score (nSPS) is 16.6. The molecular formula is C54H54Br2Cl2N14O8. The second kappa shape index (κ2) is 25.1. The van der Waals surface area contributed by atoms with Crippen molar-refractivity contribution in [2.45, 2.75) is 64.8 Å². The maximum Gasteiger partial charge on any atom is 0.275 e. The molecule has 2 aliphatic heterocycles. The molecule has 2 saturated heterocycles. The quantitative estimate of drug-likeness (QED) is 0.116. The van der Waals surface area contributed by atoms with Crippen LogP contribution in [0.2, 0.25) is 10.3 Å². The lowest BCUT2D eigenvalue weighted by Gasteiger charge is -2.26. The van der Waals surface area contributed by atoms with E-state index < -0.39 is 0 Å². The van der Waals surface area contributed by atoms with E-state index >= 15 is 0 Å². The van der Waals surface area contributed by atoms with Crippen LogP contribution in [0.3, 0.4) is 0 Å². The van der Waals surface area contributed by atoms with Gasteiger partial charge in [0.25, 0.3) is 11.1 Å². The maximum atomic E-state index is 12.7. The van der Waals surface area contributed by atoms with Crippen LogP contribution in [0, 0.1) is 11.8 Å². The van der Waals surface area contributed by atoms with Gasteiger partial charge in [-0.1, -0.05) is 47.5 Å². The third kappa shape index (κ3) is 13.1. The number of hydrogen-bond acceptors (Lipinski definition) is 14. The number of H-pyrrole nitrogens is 2.